The summed E-state index contributed by atoms with van der Waals surface area (Å²) in [5.41, 5.74) is 1.56. The van der Waals surface area contributed by atoms with Crippen LogP contribution in [0, 0.1) is 11.6 Å². The van der Waals surface area contributed by atoms with Crippen LogP contribution in [-0.2, 0) is 6.42 Å². The molecule has 5 heteroatoms. The highest BCUT2D eigenvalue weighted by atomic mass is 32.1. The van der Waals surface area contributed by atoms with Gasteiger partial charge in [-0.2, -0.15) is 0 Å². The molecule has 0 fully saturated rings. The van der Waals surface area contributed by atoms with Crippen LogP contribution in [0.4, 0.5) is 8.78 Å². The van der Waals surface area contributed by atoms with Crippen molar-refractivity contribution in [2.45, 2.75) is 19.4 Å². The second-order valence-electron chi connectivity index (χ2n) is 4.13. The summed E-state index contributed by atoms with van der Waals surface area (Å²) in [4.78, 5) is 4.45. The molecule has 18 heavy (non-hydrogen) atoms. The minimum Gasteiger partial charge on any atom is -0.312 e. The van der Waals surface area contributed by atoms with E-state index in [0.717, 1.165) is 16.8 Å². The lowest BCUT2D eigenvalue weighted by Gasteiger charge is -2.05. The van der Waals surface area contributed by atoms with E-state index in [-0.39, 0.29) is 6.04 Å². The third-order valence-corrected chi connectivity index (χ3v) is 3.59. The summed E-state index contributed by atoms with van der Waals surface area (Å²) in [6, 6.07) is 3.73. The van der Waals surface area contributed by atoms with Crippen molar-refractivity contribution in [2.75, 3.05) is 7.05 Å². The molecule has 96 valence electrons. The van der Waals surface area contributed by atoms with Crippen LogP contribution in [0.1, 0.15) is 29.2 Å². The Morgan fingerprint density at radius 3 is 2.56 bits per heavy atom. The highest BCUT2D eigenvalue weighted by molar-refractivity contribution is 7.09. The maximum atomic E-state index is 13.1. The van der Waals surface area contributed by atoms with E-state index in [1.165, 1.54) is 23.5 Å². The first-order valence-electron chi connectivity index (χ1n) is 5.65. The molecule has 0 aliphatic rings. The normalized spacial score (nSPS) is 12.7. The Morgan fingerprint density at radius 1 is 1.28 bits per heavy atom. The lowest BCUT2D eigenvalue weighted by atomic mass is 10.1. The summed E-state index contributed by atoms with van der Waals surface area (Å²) < 4.78 is 26.1. The molecule has 1 atom stereocenters. The molecule has 2 aromatic rings. The summed E-state index contributed by atoms with van der Waals surface area (Å²) in [5.74, 6) is -1.10. The van der Waals surface area contributed by atoms with Gasteiger partial charge in [0.2, 0.25) is 0 Å². The highest BCUT2D eigenvalue weighted by Gasteiger charge is 2.09. The molecule has 1 aromatic heterocycles. The van der Waals surface area contributed by atoms with Gasteiger partial charge in [0.15, 0.2) is 0 Å². The topological polar surface area (TPSA) is 24.9 Å². The fourth-order valence-electron chi connectivity index (χ4n) is 1.64. The number of thiazole rings is 1. The van der Waals surface area contributed by atoms with E-state index >= 15 is 0 Å². The zero-order valence-electron chi connectivity index (χ0n) is 10.2. The summed E-state index contributed by atoms with van der Waals surface area (Å²) in [7, 11) is 1.87. The van der Waals surface area contributed by atoms with Crippen molar-refractivity contribution in [2.24, 2.45) is 0 Å². The van der Waals surface area contributed by atoms with Crippen molar-refractivity contribution in [1.29, 1.82) is 0 Å². The smallest absolute Gasteiger partial charge is 0.126 e. The number of nitrogens with one attached hydrogen (secondary N) is 1. The minimum atomic E-state index is -0.551. The molecule has 2 rings (SSSR count). The number of rotatable bonds is 4. The number of benzene rings is 1. The molecule has 1 N–H and O–H groups in total. The van der Waals surface area contributed by atoms with Crippen LogP contribution in [-0.4, -0.2) is 12.0 Å². The Kier molecular flexibility index (Phi) is 4.04. The number of aromatic nitrogens is 1. The van der Waals surface area contributed by atoms with Crippen LogP contribution < -0.4 is 5.32 Å². The number of hydrogen-bond acceptors (Lipinski definition) is 3. The van der Waals surface area contributed by atoms with Crippen molar-refractivity contribution in [3.8, 4) is 0 Å². The van der Waals surface area contributed by atoms with Crippen LogP contribution in [0.15, 0.2) is 23.6 Å². The van der Waals surface area contributed by atoms with Gasteiger partial charge in [-0.1, -0.05) is 0 Å². The average molecular weight is 268 g/mol. The maximum absolute atomic E-state index is 13.1. The van der Waals surface area contributed by atoms with Crippen LogP contribution >= 0.6 is 11.3 Å². The molecule has 0 aliphatic carbocycles. The Bertz CT molecular complexity index is 519. The maximum Gasteiger partial charge on any atom is 0.126 e. The van der Waals surface area contributed by atoms with Crippen molar-refractivity contribution < 1.29 is 8.78 Å². The molecule has 1 unspecified atom stereocenters. The predicted molar refractivity (Wildman–Crippen MR) is 68.8 cm³/mol. The molecule has 1 aromatic carbocycles. The third-order valence-electron chi connectivity index (χ3n) is 2.72. The predicted octanol–water partition coefficient (Wildman–Crippen LogP) is 3.29. The zero-order chi connectivity index (χ0) is 13.1. The largest absolute Gasteiger partial charge is 0.312 e. The summed E-state index contributed by atoms with van der Waals surface area (Å²) in [6.07, 6.45) is 0.454. The molecule has 0 saturated heterocycles. The summed E-state index contributed by atoms with van der Waals surface area (Å²) >= 11 is 1.50. The van der Waals surface area contributed by atoms with Gasteiger partial charge in [0.1, 0.15) is 11.6 Å². The van der Waals surface area contributed by atoms with E-state index in [9.17, 15) is 8.78 Å². The van der Waals surface area contributed by atoms with Gasteiger partial charge < -0.3 is 5.32 Å². The van der Waals surface area contributed by atoms with Gasteiger partial charge in [0, 0.05) is 23.9 Å². The molecule has 0 amide bonds. The van der Waals surface area contributed by atoms with Gasteiger partial charge in [-0.15, -0.1) is 11.3 Å². The molecule has 0 aliphatic heterocycles. The second-order valence-corrected chi connectivity index (χ2v) is 5.07. The monoisotopic (exact) mass is 268 g/mol. The first-order valence-corrected chi connectivity index (χ1v) is 6.53. The Hall–Kier alpha value is -1.33. The van der Waals surface area contributed by atoms with Crippen LogP contribution in [0.25, 0.3) is 0 Å². The van der Waals surface area contributed by atoms with E-state index in [0.29, 0.717) is 12.0 Å². The number of hydrogen-bond donors (Lipinski definition) is 1. The van der Waals surface area contributed by atoms with E-state index < -0.39 is 11.6 Å². The number of halogens is 2. The second kappa shape index (κ2) is 5.54. The summed E-state index contributed by atoms with van der Waals surface area (Å²) in [6.45, 7) is 2.01. The van der Waals surface area contributed by atoms with Gasteiger partial charge in [0.25, 0.3) is 0 Å². The molecule has 2 nitrogen and oxygen atoms in total. The molecule has 0 radical (unpaired) electrons. The van der Waals surface area contributed by atoms with Crippen LogP contribution in [0.3, 0.4) is 0 Å². The summed E-state index contributed by atoms with van der Waals surface area (Å²) in [5, 5.41) is 5.92. The van der Waals surface area contributed by atoms with Crippen molar-refractivity contribution in [3.63, 3.8) is 0 Å². The van der Waals surface area contributed by atoms with Crippen LogP contribution in [0.2, 0.25) is 0 Å². The van der Waals surface area contributed by atoms with Gasteiger partial charge in [-0.3, -0.25) is 0 Å². The first-order chi connectivity index (χ1) is 8.58. The lowest BCUT2D eigenvalue weighted by Crippen LogP contribution is -2.12. The Labute approximate surface area is 109 Å². The van der Waals surface area contributed by atoms with Crippen molar-refractivity contribution in [3.05, 3.63) is 51.5 Å². The molecule has 0 spiro atoms. The highest BCUT2D eigenvalue weighted by Crippen LogP contribution is 2.20. The van der Waals surface area contributed by atoms with Gasteiger partial charge >= 0.3 is 0 Å². The first kappa shape index (κ1) is 13.1. The van der Waals surface area contributed by atoms with E-state index in [2.05, 4.69) is 10.3 Å². The third kappa shape index (κ3) is 3.11. The van der Waals surface area contributed by atoms with Gasteiger partial charge in [-0.25, -0.2) is 13.8 Å². The fraction of sp³-hybridized carbons (Fsp3) is 0.308. The number of nitrogens with zero attached hydrogens (tertiary/aromatic N) is 1. The SMILES string of the molecule is CNC(C)c1csc(Cc2cc(F)cc(F)c2)n1. The molecular formula is C13H14F2N2S. The van der Waals surface area contributed by atoms with Gasteiger partial charge in [0.05, 0.1) is 10.7 Å². The molecule has 1 heterocycles. The lowest BCUT2D eigenvalue weighted by molar-refractivity contribution is 0.580. The molecule has 0 saturated carbocycles. The fourth-order valence-corrected chi connectivity index (χ4v) is 2.56. The molecule has 0 bridgehead atoms. The van der Waals surface area contributed by atoms with Crippen molar-refractivity contribution in [1.82, 2.24) is 10.3 Å². The van der Waals surface area contributed by atoms with E-state index in [4.69, 9.17) is 0 Å². The zero-order valence-corrected chi connectivity index (χ0v) is 11.0. The van der Waals surface area contributed by atoms with Gasteiger partial charge in [-0.05, 0) is 31.7 Å². The minimum absolute atomic E-state index is 0.180. The quantitative estimate of drug-likeness (QED) is 0.920. The Morgan fingerprint density at radius 2 is 1.94 bits per heavy atom. The molecular weight excluding hydrogens is 254 g/mol. The van der Waals surface area contributed by atoms with E-state index in [1.54, 1.807) is 0 Å². The standard InChI is InChI=1S/C13H14F2N2S/c1-8(16-2)12-7-18-13(17-12)5-9-3-10(14)6-11(15)4-9/h3-4,6-8,16H,5H2,1-2H3. The van der Waals surface area contributed by atoms with Crippen molar-refractivity contribution >= 4 is 11.3 Å². The van der Waals surface area contributed by atoms with Crippen LogP contribution in [0.5, 0.6) is 0 Å². The Balaban J connectivity index is 2.16. The average Bonchev–Trinajstić information content (AvgIpc) is 2.75. The van der Waals surface area contributed by atoms with E-state index in [1.807, 2.05) is 19.4 Å².